The molecular formula is C31H45N9O12. The third-order valence-corrected chi connectivity index (χ3v) is 7.60. The lowest BCUT2D eigenvalue weighted by Gasteiger charge is -2.28. The number of aliphatic carboxylic acids is 1. The molecule has 2 rings (SSSR count). The van der Waals surface area contributed by atoms with E-state index >= 15 is 0 Å². The molecular weight excluding hydrogens is 690 g/mol. The van der Waals surface area contributed by atoms with Gasteiger partial charge in [-0.15, -0.1) is 0 Å². The van der Waals surface area contributed by atoms with Gasteiger partial charge in [0.1, 0.15) is 36.8 Å². The van der Waals surface area contributed by atoms with Crippen molar-refractivity contribution in [1.82, 2.24) is 36.9 Å². The van der Waals surface area contributed by atoms with Crippen LogP contribution in [-0.4, -0.2) is 135 Å². The fourth-order valence-electron chi connectivity index (χ4n) is 4.86. The summed E-state index contributed by atoms with van der Waals surface area (Å²) in [7, 11) is 0. The first-order chi connectivity index (χ1) is 24.5. The molecule has 15 N–H and O–H groups in total. The van der Waals surface area contributed by atoms with E-state index in [0.29, 0.717) is 16.5 Å². The minimum Gasteiger partial charge on any atom is -0.480 e. The van der Waals surface area contributed by atoms with Crippen LogP contribution in [0, 0.1) is 0 Å². The standard InChI is InChI=1S/C31H45N9O12/c1-14(42)25(39-28(49)19(7-8-22(33)44)36-23(45)10-32)30(51)37-20(9-16-11-34-18-6-4-3-5-17(16)18)29(50)40-26(15(2)43)31(52)38-21(13-41)27(48)35-12-24(46)47/h3-6,11,14-15,19-21,25-26,34,41-43H,7-10,12-13,32H2,1-2H3,(H2,33,44)(H,35,48)(H,36,45)(H,37,51)(H,38,52)(H,39,49)(H,40,50)(H,46,47)/t14-,15-,19+,20+,21+,25+,26+/m1/s1. The van der Waals surface area contributed by atoms with Crippen LogP contribution in [0.5, 0.6) is 0 Å². The van der Waals surface area contributed by atoms with E-state index in [1.807, 2.05) is 5.32 Å². The molecule has 1 aromatic carbocycles. The highest BCUT2D eigenvalue weighted by Crippen LogP contribution is 2.19. The van der Waals surface area contributed by atoms with Gasteiger partial charge in [-0.3, -0.25) is 38.4 Å². The second kappa shape index (κ2) is 20.3. The minimum atomic E-state index is -1.78. The number of aromatic amines is 1. The Kier molecular flexibility index (Phi) is 16.6. The number of aromatic nitrogens is 1. The highest BCUT2D eigenvalue weighted by molar-refractivity contribution is 5.97. The lowest BCUT2D eigenvalue weighted by atomic mass is 10.0. The zero-order chi connectivity index (χ0) is 39.1. The number of nitrogens with one attached hydrogen (secondary N) is 7. The summed E-state index contributed by atoms with van der Waals surface area (Å²) in [5, 5.41) is 53.4. The van der Waals surface area contributed by atoms with Crippen LogP contribution >= 0.6 is 0 Å². The van der Waals surface area contributed by atoms with Crippen LogP contribution in [0.15, 0.2) is 30.5 Å². The Labute approximate surface area is 296 Å². The second-order valence-corrected chi connectivity index (χ2v) is 11.8. The van der Waals surface area contributed by atoms with Crippen molar-refractivity contribution in [2.75, 3.05) is 19.7 Å². The van der Waals surface area contributed by atoms with Crippen LogP contribution in [0.3, 0.4) is 0 Å². The third kappa shape index (κ3) is 12.9. The fraction of sp³-hybridized carbons (Fsp3) is 0.484. The molecule has 286 valence electrons. The average molecular weight is 736 g/mol. The van der Waals surface area contributed by atoms with E-state index in [9.17, 15) is 53.7 Å². The van der Waals surface area contributed by atoms with E-state index in [4.69, 9.17) is 16.6 Å². The van der Waals surface area contributed by atoms with Gasteiger partial charge in [0.05, 0.1) is 25.4 Å². The molecule has 0 saturated heterocycles. The first kappa shape index (κ1) is 42.5. The monoisotopic (exact) mass is 735 g/mol. The van der Waals surface area contributed by atoms with Crippen LogP contribution in [0.4, 0.5) is 0 Å². The SMILES string of the molecule is C[C@@H](O)[C@H](NC(=O)[C@H](Cc1c[nH]c2ccccc12)NC(=O)[C@@H](NC(=O)[C@H](CCC(N)=O)NC(=O)CN)[C@@H](C)O)C(=O)N[C@@H](CO)C(=O)NCC(=O)O. The topological polar surface area (TPSA) is 357 Å². The molecule has 7 atom stereocenters. The number of aliphatic hydroxyl groups excluding tert-OH is 3. The van der Waals surface area contributed by atoms with Crippen molar-refractivity contribution in [3.63, 3.8) is 0 Å². The van der Waals surface area contributed by atoms with Crippen LogP contribution in [0.1, 0.15) is 32.3 Å². The maximum absolute atomic E-state index is 13.8. The van der Waals surface area contributed by atoms with Gasteiger partial charge in [-0.1, -0.05) is 18.2 Å². The van der Waals surface area contributed by atoms with E-state index in [2.05, 4.69) is 31.6 Å². The van der Waals surface area contributed by atoms with Crippen LogP contribution < -0.4 is 43.4 Å². The van der Waals surface area contributed by atoms with Crippen LogP contribution in [-0.2, 0) is 44.8 Å². The summed E-state index contributed by atoms with van der Waals surface area (Å²) < 4.78 is 0. The van der Waals surface area contributed by atoms with Crippen LogP contribution in [0.25, 0.3) is 10.9 Å². The first-order valence-corrected chi connectivity index (χ1v) is 16.0. The average Bonchev–Trinajstić information content (AvgIpc) is 3.50. The molecule has 2 aromatic rings. The molecule has 0 saturated carbocycles. The normalized spacial score (nSPS) is 15.0. The number of benzene rings is 1. The van der Waals surface area contributed by atoms with E-state index in [-0.39, 0.29) is 19.3 Å². The van der Waals surface area contributed by atoms with Gasteiger partial charge >= 0.3 is 5.97 Å². The number of carbonyl (C=O) groups is 8. The first-order valence-electron chi connectivity index (χ1n) is 16.0. The van der Waals surface area contributed by atoms with E-state index in [1.165, 1.54) is 0 Å². The number of aliphatic hydroxyl groups is 3. The number of carbonyl (C=O) groups excluding carboxylic acids is 7. The zero-order valence-electron chi connectivity index (χ0n) is 28.4. The predicted molar refractivity (Wildman–Crippen MR) is 180 cm³/mol. The molecule has 0 fully saturated rings. The second-order valence-electron chi connectivity index (χ2n) is 11.8. The van der Waals surface area contributed by atoms with Gasteiger partial charge in [0.2, 0.25) is 41.4 Å². The van der Waals surface area contributed by atoms with Crippen molar-refractivity contribution in [2.45, 2.75) is 75.5 Å². The minimum absolute atomic E-state index is 0.235. The van der Waals surface area contributed by atoms with Gasteiger partial charge in [-0.25, -0.2) is 0 Å². The number of hydrogen-bond donors (Lipinski definition) is 13. The molecule has 0 spiro atoms. The number of primary amides is 1. The van der Waals surface area contributed by atoms with Crippen molar-refractivity contribution in [3.05, 3.63) is 36.0 Å². The molecule has 1 aromatic heterocycles. The summed E-state index contributed by atoms with van der Waals surface area (Å²) >= 11 is 0. The summed E-state index contributed by atoms with van der Waals surface area (Å²) in [5.41, 5.74) is 11.7. The molecule has 7 amide bonds. The Bertz CT molecular complexity index is 1610. The molecule has 0 aliphatic heterocycles. The Hall–Kier alpha value is -5.64. The van der Waals surface area contributed by atoms with E-state index in [1.54, 1.807) is 30.5 Å². The summed E-state index contributed by atoms with van der Waals surface area (Å²) in [6.07, 6.45) is -2.46. The molecule has 21 nitrogen and oxygen atoms in total. The number of H-pyrrole nitrogens is 1. The van der Waals surface area contributed by atoms with Crippen molar-refractivity contribution in [2.24, 2.45) is 11.5 Å². The number of amides is 7. The highest BCUT2D eigenvalue weighted by Gasteiger charge is 2.35. The van der Waals surface area contributed by atoms with Crippen molar-refractivity contribution in [1.29, 1.82) is 0 Å². The Morgan fingerprint density at radius 1 is 0.769 bits per heavy atom. The van der Waals surface area contributed by atoms with Crippen LogP contribution in [0.2, 0.25) is 0 Å². The fourth-order valence-corrected chi connectivity index (χ4v) is 4.86. The molecule has 0 unspecified atom stereocenters. The van der Waals surface area contributed by atoms with Gasteiger partial charge in [0.15, 0.2) is 0 Å². The summed E-state index contributed by atoms with van der Waals surface area (Å²) in [4.78, 5) is 103. The van der Waals surface area contributed by atoms with E-state index in [0.717, 1.165) is 13.8 Å². The van der Waals surface area contributed by atoms with Crippen molar-refractivity contribution >= 4 is 58.2 Å². The van der Waals surface area contributed by atoms with Crippen molar-refractivity contribution < 1.29 is 58.8 Å². The van der Waals surface area contributed by atoms with E-state index < -0.39 is 109 Å². The smallest absolute Gasteiger partial charge is 0.322 e. The molecule has 21 heteroatoms. The quantitative estimate of drug-likeness (QED) is 0.0569. The van der Waals surface area contributed by atoms with Gasteiger partial charge < -0.3 is 68.8 Å². The highest BCUT2D eigenvalue weighted by atomic mass is 16.4. The number of nitrogens with two attached hydrogens (primary N) is 2. The number of rotatable bonds is 21. The molecule has 1 heterocycles. The maximum atomic E-state index is 13.8. The number of carboxylic acids is 1. The molecule has 0 radical (unpaired) electrons. The number of carboxylic acid groups (broad SMARTS) is 1. The number of para-hydroxylation sites is 1. The molecule has 0 bridgehead atoms. The van der Waals surface area contributed by atoms with Crippen molar-refractivity contribution in [3.8, 4) is 0 Å². The van der Waals surface area contributed by atoms with Gasteiger partial charge in [0, 0.05) is 29.9 Å². The third-order valence-electron chi connectivity index (χ3n) is 7.60. The largest absolute Gasteiger partial charge is 0.480 e. The lowest BCUT2D eigenvalue weighted by Crippen LogP contribution is -2.63. The molecule has 52 heavy (non-hydrogen) atoms. The van der Waals surface area contributed by atoms with Gasteiger partial charge in [0.25, 0.3) is 0 Å². The van der Waals surface area contributed by atoms with Gasteiger partial charge in [-0.2, -0.15) is 0 Å². The lowest BCUT2D eigenvalue weighted by molar-refractivity contribution is -0.139. The zero-order valence-corrected chi connectivity index (χ0v) is 28.4. The Morgan fingerprint density at radius 3 is 1.85 bits per heavy atom. The summed E-state index contributed by atoms with van der Waals surface area (Å²) in [6, 6.07) is -1.15. The Morgan fingerprint density at radius 2 is 1.33 bits per heavy atom. The maximum Gasteiger partial charge on any atom is 0.322 e. The number of fused-ring (bicyclic) bond motifs is 1. The molecule has 0 aliphatic carbocycles. The summed E-state index contributed by atoms with van der Waals surface area (Å²) in [5.74, 6) is -8.28. The predicted octanol–water partition coefficient (Wildman–Crippen LogP) is -5.69. The number of hydrogen-bond acceptors (Lipinski definition) is 12. The Balaban J connectivity index is 2.38. The summed E-state index contributed by atoms with van der Waals surface area (Å²) in [6.45, 7) is 0.000733. The molecule has 0 aliphatic rings. The van der Waals surface area contributed by atoms with Gasteiger partial charge in [-0.05, 0) is 31.9 Å².